The second-order valence-electron chi connectivity index (χ2n) is 5.64. The number of ether oxygens (including phenoxy) is 1. The molecule has 1 aliphatic heterocycles. The Kier molecular flexibility index (Phi) is 4.62. The molecule has 3 heterocycles. The number of hydrogen-bond acceptors (Lipinski definition) is 4. The van der Waals surface area contributed by atoms with Gasteiger partial charge in [-0.1, -0.05) is 0 Å². The van der Waals surface area contributed by atoms with Gasteiger partial charge in [-0.15, -0.1) is 0 Å². The van der Waals surface area contributed by atoms with Crippen molar-refractivity contribution < 1.29 is 4.74 Å². The Bertz CT molecular complexity index is 554. The molecule has 1 saturated heterocycles. The molecule has 0 saturated carbocycles. The topological polar surface area (TPSA) is 43.2 Å². The molecule has 3 rings (SSSR count). The van der Waals surface area contributed by atoms with Crippen molar-refractivity contribution in [2.45, 2.75) is 26.0 Å². The normalized spacial score (nSPS) is 19.8. The van der Waals surface area contributed by atoms with Crippen LogP contribution in [0.15, 0.2) is 36.9 Å². The second-order valence-corrected chi connectivity index (χ2v) is 5.64. The Morgan fingerprint density at radius 1 is 1.33 bits per heavy atom. The zero-order valence-corrected chi connectivity index (χ0v) is 12.5. The first-order valence-electron chi connectivity index (χ1n) is 7.51. The molecule has 5 nitrogen and oxygen atoms in total. The van der Waals surface area contributed by atoms with Gasteiger partial charge >= 0.3 is 0 Å². The van der Waals surface area contributed by atoms with Crippen LogP contribution >= 0.6 is 0 Å². The molecule has 0 spiro atoms. The van der Waals surface area contributed by atoms with Gasteiger partial charge in [0, 0.05) is 38.2 Å². The predicted molar refractivity (Wildman–Crippen MR) is 81.1 cm³/mol. The zero-order chi connectivity index (χ0) is 14.5. The molecule has 0 bridgehead atoms. The van der Waals surface area contributed by atoms with Crippen molar-refractivity contribution in [3.8, 4) is 0 Å². The predicted octanol–water partition coefficient (Wildman–Crippen LogP) is 1.53. The van der Waals surface area contributed by atoms with Crippen LogP contribution in [0.4, 0.5) is 0 Å². The van der Waals surface area contributed by atoms with Crippen molar-refractivity contribution in [2.24, 2.45) is 0 Å². The van der Waals surface area contributed by atoms with Crippen LogP contribution in [0.25, 0.3) is 0 Å². The quantitative estimate of drug-likeness (QED) is 0.836. The lowest BCUT2D eigenvalue weighted by atomic mass is 10.2. The van der Waals surface area contributed by atoms with Crippen LogP contribution in [-0.2, 0) is 17.7 Å². The Morgan fingerprint density at radius 2 is 2.19 bits per heavy atom. The van der Waals surface area contributed by atoms with Gasteiger partial charge < -0.3 is 4.74 Å². The van der Waals surface area contributed by atoms with Gasteiger partial charge in [0.05, 0.1) is 25.5 Å². The van der Waals surface area contributed by atoms with Crippen LogP contribution in [0.1, 0.15) is 11.1 Å². The van der Waals surface area contributed by atoms with Crippen LogP contribution in [0, 0.1) is 6.92 Å². The number of rotatable bonds is 5. The first-order valence-corrected chi connectivity index (χ1v) is 7.51. The Hall–Kier alpha value is -1.72. The first-order chi connectivity index (χ1) is 10.3. The molecule has 0 amide bonds. The van der Waals surface area contributed by atoms with E-state index in [0.29, 0.717) is 0 Å². The van der Waals surface area contributed by atoms with Crippen molar-refractivity contribution >= 4 is 0 Å². The highest BCUT2D eigenvalue weighted by atomic mass is 16.5. The fourth-order valence-corrected chi connectivity index (χ4v) is 2.71. The van der Waals surface area contributed by atoms with Gasteiger partial charge in [-0.2, -0.15) is 5.10 Å². The molecule has 1 fully saturated rings. The molecule has 21 heavy (non-hydrogen) atoms. The van der Waals surface area contributed by atoms with Crippen LogP contribution in [-0.4, -0.2) is 52.0 Å². The number of pyridine rings is 1. The molecule has 5 heteroatoms. The summed E-state index contributed by atoms with van der Waals surface area (Å²) >= 11 is 0. The Morgan fingerprint density at radius 3 is 2.95 bits per heavy atom. The highest BCUT2D eigenvalue weighted by molar-refractivity contribution is 5.10. The molecule has 112 valence electrons. The zero-order valence-electron chi connectivity index (χ0n) is 12.5. The van der Waals surface area contributed by atoms with Gasteiger partial charge in [0.15, 0.2) is 0 Å². The fourth-order valence-electron chi connectivity index (χ4n) is 2.71. The number of hydrogen-bond donors (Lipinski definition) is 0. The number of nitrogens with zero attached hydrogens (tertiary/aromatic N) is 4. The highest BCUT2D eigenvalue weighted by Gasteiger charge is 2.20. The Balaban J connectivity index is 1.49. The van der Waals surface area contributed by atoms with Crippen molar-refractivity contribution in [3.05, 3.63) is 48.0 Å². The van der Waals surface area contributed by atoms with Crippen LogP contribution < -0.4 is 0 Å². The van der Waals surface area contributed by atoms with E-state index in [-0.39, 0.29) is 6.10 Å². The van der Waals surface area contributed by atoms with Crippen molar-refractivity contribution in [1.82, 2.24) is 19.7 Å². The van der Waals surface area contributed by atoms with Crippen molar-refractivity contribution in [1.29, 1.82) is 0 Å². The lowest BCUT2D eigenvalue weighted by molar-refractivity contribution is -0.0370. The average molecular weight is 286 g/mol. The summed E-state index contributed by atoms with van der Waals surface area (Å²) in [4.78, 5) is 6.53. The van der Waals surface area contributed by atoms with E-state index >= 15 is 0 Å². The molecule has 2 aromatic heterocycles. The lowest BCUT2D eigenvalue weighted by Crippen LogP contribution is -2.44. The van der Waals surface area contributed by atoms with E-state index in [1.54, 1.807) is 0 Å². The molecule has 0 aliphatic carbocycles. The van der Waals surface area contributed by atoms with Crippen molar-refractivity contribution in [2.75, 3.05) is 26.2 Å². The largest absolute Gasteiger partial charge is 0.374 e. The van der Waals surface area contributed by atoms with Gasteiger partial charge in [-0.3, -0.25) is 14.6 Å². The summed E-state index contributed by atoms with van der Waals surface area (Å²) in [6, 6.07) is 4.18. The summed E-state index contributed by atoms with van der Waals surface area (Å²) < 4.78 is 7.84. The van der Waals surface area contributed by atoms with Gasteiger partial charge in [-0.25, -0.2) is 0 Å². The summed E-state index contributed by atoms with van der Waals surface area (Å²) in [5.41, 5.74) is 2.54. The highest BCUT2D eigenvalue weighted by Crippen LogP contribution is 2.09. The monoisotopic (exact) mass is 286 g/mol. The van der Waals surface area contributed by atoms with E-state index in [1.165, 1.54) is 11.1 Å². The smallest absolute Gasteiger partial charge is 0.0898 e. The molecular weight excluding hydrogens is 264 g/mol. The maximum absolute atomic E-state index is 5.86. The molecule has 1 atom stereocenters. The van der Waals surface area contributed by atoms with Crippen molar-refractivity contribution in [3.63, 3.8) is 0 Å². The summed E-state index contributed by atoms with van der Waals surface area (Å²) in [5.74, 6) is 0. The van der Waals surface area contributed by atoms with E-state index in [0.717, 1.165) is 39.2 Å². The minimum atomic E-state index is 0.232. The van der Waals surface area contributed by atoms with E-state index in [9.17, 15) is 0 Å². The van der Waals surface area contributed by atoms with Crippen LogP contribution in [0.3, 0.4) is 0 Å². The summed E-state index contributed by atoms with van der Waals surface area (Å²) in [6.45, 7) is 6.76. The third-order valence-electron chi connectivity index (χ3n) is 3.84. The molecule has 0 radical (unpaired) electrons. The molecule has 2 aromatic rings. The van der Waals surface area contributed by atoms with E-state index in [4.69, 9.17) is 4.74 Å². The molecule has 0 aromatic carbocycles. The molecule has 1 aliphatic rings. The van der Waals surface area contributed by atoms with E-state index in [1.807, 2.05) is 23.3 Å². The summed E-state index contributed by atoms with van der Waals surface area (Å²) in [5, 5.41) is 4.34. The van der Waals surface area contributed by atoms with Gasteiger partial charge in [-0.05, 0) is 36.6 Å². The number of morpholine rings is 1. The Labute approximate surface area is 125 Å². The lowest BCUT2D eigenvalue weighted by Gasteiger charge is -2.32. The SMILES string of the molecule is Cc1cnn(C[C@@H]2CN(CCc3ccncc3)CCO2)c1. The summed E-state index contributed by atoms with van der Waals surface area (Å²) in [7, 11) is 0. The first kappa shape index (κ1) is 14.2. The standard InChI is InChI=1S/C16H22N4O/c1-14-10-18-20(11-14)13-16-12-19(8-9-21-16)7-4-15-2-5-17-6-3-15/h2-3,5-6,10-11,16H,4,7-9,12-13H2,1H3/t16-/m0/s1. The average Bonchev–Trinajstić information content (AvgIpc) is 2.92. The third-order valence-corrected chi connectivity index (χ3v) is 3.84. The third kappa shape index (κ3) is 4.12. The maximum atomic E-state index is 5.86. The van der Waals surface area contributed by atoms with Gasteiger partial charge in [0.2, 0.25) is 0 Å². The number of aromatic nitrogens is 3. The van der Waals surface area contributed by atoms with Crippen LogP contribution in [0.5, 0.6) is 0 Å². The van der Waals surface area contributed by atoms with E-state index < -0.39 is 0 Å². The number of aryl methyl sites for hydroxylation is 1. The summed E-state index contributed by atoms with van der Waals surface area (Å²) in [6.07, 6.45) is 8.98. The van der Waals surface area contributed by atoms with E-state index in [2.05, 4.69) is 40.2 Å². The van der Waals surface area contributed by atoms with Gasteiger partial charge in [0.25, 0.3) is 0 Å². The van der Waals surface area contributed by atoms with Crippen LogP contribution in [0.2, 0.25) is 0 Å². The maximum Gasteiger partial charge on any atom is 0.0898 e. The minimum absolute atomic E-state index is 0.232. The molecular formula is C16H22N4O. The molecule has 0 N–H and O–H groups in total. The van der Waals surface area contributed by atoms with Gasteiger partial charge in [0.1, 0.15) is 0 Å². The fraction of sp³-hybridized carbons (Fsp3) is 0.500. The second kappa shape index (κ2) is 6.83. The molecule has 0 unspecified atom stereocenters. The minimum Gasteiger partial charge on any atom is -0.374 e.